The summed E-state index contributed by atoms with van der Waals surface area (Å²) >= 11 is 0. The molecule has 1 aliphatic heterocycles. The van der Waals surface area contributed by atoms with Crippen molar-refractivity contribution in [1.82, 2.24) is 15.1 Å². The van der Waals surface area contributed by atoms with Gasteiger partial charge in [0, 0.05) is 30.3 Å². The average Bonchev–Trinajstić information content (AvgIpc) is 3.15. The molecule has 1 aromatic heterocycles. The molecule has 0 spiro atoms. The van der Waals surface area contributed by atoms with E-state index < -0.39 is 0 Å². The van der Waals surface area contributed by atoms with Gasteiger partial charge in [-0.05, 0) is 31.4 Å². The lowest BCUT2D eigenvalue weighted by molar-refractivity contribution is -0.139. The molecule has 0 atom stereocenters. The van der Waals surface area contributed by atoms with E-state index in [0.29, 0.717) is 12.5 Å². The zero-order chi connectivity index (χ0) is 13.2. The van der Waals surface area contributed by atoms with E-state index in [4.69, 9.17) is 0 Å². The maximum absolute atomic E-state index is 12.0. The van der Waals surface area contributed by atoms with Crippen molar-refractivity contribution in [2.45, 2.75) is 25.2 Å². The van der Waals surface area contributed by atoms with Gasteiger partial charge in [0.1, 0.15) is 0 Å². The minimum absolute atomic E-state index is 0.240. The van der Waals surface area contributed by atoms with Crippen molar-refractivity contribution in [1.29, 1.82) is 0 Å². The fourth-order valence-electron chi connectivity index (χ4n) is 2.18. The number of aromatic nitrogens is 2. The van der Waals surface area contributed by atoms with Gasteiger partial charge in [0.15, 0.2) is 0 Å². The van der Waals surface area contributed by atoms with Crippen molar-refractivity contribution in [2.75, 3.05) is 6.54 Å². The van der Waals surface area contributed by atoms with Gasteiger partial charge in [-0.15, -0.1) is 0 Å². The van der Waals surface area contributed by atoms with Crippen molar-refractivity contribution in [2.24, 2.45) is 0 Å². The van der Waals surface area contributed by atoms with E-state index >= 15 is 0 Å². The summed E-state index contributed by atoms with van der Waals surface area (Å²) in [4.78, 5) is 24.8. The van der Waals surface area contributed by atoms with Crippen molar-refractivity contribution < 1.29 is 9.59 Å². The molecule has 1 saturated carbocycles. The van der Waals surface area contributed by atoms with Crippen LogP contribution in [0.15, 0.2) is 24.4 Å². The third-order valence-electron chi connectivity index (χ3n) is 3.38. The zero-order valence-corrected chi connectivity index (χ0v) is 10.5. The Morgan fingerprint density at radius 1 is 1.47 bits per heavy atom. The van der Waals surface area contributed by atoms with Crippen LogP contribution in [0.1, 0.15) is 36.4 Å². The Morgan fingerprint density at radius 2 is 2.32 bits per heavy atom. The normalized spacial score (nSPS) is 19.4. The quantitative estimate of drug-likeness (QED) is 0.837. The number of aromatic amines is 1. The predicted molar refractivity (Wildman–Crippen MR) is 70.1 cm³/mol. The van der Waals surface area contributed by atoms with E-state index in [1.54, 1.807) is 18.3 Å². The average molecular weight is 257 g/mol. The number of carbonyl (C=O) groups is 2. The Bertz CT molecular complexity index is 567. The summed E-state index contributed by atoms with van der Waals surface area (Å²) in [5.41, 5.74) is 1.96. The minimum Gasteiger partial charge on any atom is -0.285 e. The van der Waals surface area contributed by atoms with E-state index in [1.807, 2.05) is 0 Å². The molecule has 1 aliphatic carbocycles. The second kappa shape index (κ2) is 4.84. The van der Waals surface area contributed by atoms with Crippen molar-refractivity contribution in [3.63, 3.8) is 0 Å². The van der Waals surface area contributed by atoms with E-state index in [2.05, 4.69) is 10.2 Å². The van der Waals surface area contributed by atoms with Crippen molar-refractivity contribution in [3.8, 4) is 0 Å². The molecular weight excluding hydrogens is 242 g/mol. The highest BCUT2D eigenvalue weighted by Crippen LogP contribution is 2.40. The molecule has 5 nitrogen and oxygen atoms in total. The summed E-state index contributed by atoms with van der Waals surface area (Å²) < 4.78 is 0. The summed E-state index contributed by atoms with van der Waals surface area (Å²) in [6.45, 7) is 0.458. The molecule has 2 heterocycles. The third-order valence-corrected chi connectivity index (χ3v) is 3.38. The van der Waals surface area contributed by atoms with Crippen LogP contribution >= 0.6 is 0 Å². The first-order chi connectivity index (χ1) is 9.25. The van der Waals surface area contributed by atoms with Gasteiger partial charge in [-0.3, -0.25) is 19.6 Å². The summed E-state index contributed by atoms with van der Waals surface area (Å²) in [6, 6.07) is 0. The van der Waals surface area contributed by atoms with E-state index in [9.17, 15) is 9.59 Å². The van der Waals surface area contributed by atoms with Gasteiger partial charge < -0.3 is 0 Å². The number of hydrogen-bond donors (Lipinski definition) is 1. The molecule has 1 fully saturated rings. The number of hydrogen-bond acceptors (Lipinski definition) is 3. The molecule has 1 N–H and O–H groups in total. The van der Waals surface area contributed by atoms with Gasteiger partial charge in [-0.1, -0.05) is 6.08 Å². The van der Waals surface area contributed by atoms with Gasteiger partial charge in [-0.25, -0.2) is 0 Å². The van der Waals surface area contributed by atoms with E-state index in [-0.39, 0.29) is 11.8 Å². The number of rotatable bonds is 3. The molecule has 0 unspecified atom stereocenters. The first-order valence-corrected chi connectivity index (χ1v) is 6.49. The largest absolute Gasteiger partial charge is 0.285 e. The van der Waals surface area contributed by atoms with Crippen LogP contribution in [-0.4, -0.2) is 33.5 Å². The summed E-state index contributed by atoms with van der Waals surface area (Å²) in [5.74, 6) is 0.0216. The van der Waals surface area contributed by atoms with Gasteiger partial charge in [-0.2, -0.15) is 5.10 Å². The first kappa shape index (κ1) is 11.9. The Balaban J connectivity index is 1.71. The molecule has 2 aliphatic rings. The highest BCUT2D eigenvalue weighted by atomic mass is 16.2. The number of nitrogens with zero attached hydrogens (tertiary/aromatic N) is 2. The number of amides is 2. The van der Waals surface area contributed by atoms with Crippen molar-refractivity contribution >= 4 is 17.9 Å². The fraction of sp³-hybridized carbons (Fsp3) is 0.357. The topological polar surface area (TPSA) is 66.1 Å². The molecule has 0 aromatic carbocycles. The van der Waals surface area contributed by atoms with Crippen LogP contribution in [-0.2, 0) is 9.59 Å². The van der Waals surface area contributed by atoms with Crippen LogP contribution in [0.2, 0.25) is 0 Å². The molecule has 1 aromatic rings. The molecule has 0 saturated heterocycles. The molecule has 3 rings (SSSR count). The number of H-pyrrole nitrogens is 1. The summed E-state index contributed by atoms with van der Waals surface area (Å²) in [5, 5.41) is 7.03. The van der Waals surface area contributed by atoms with Gasteiger partial charge in [0.2, 0.25) is 0 Å². The molecular formula is C14H15N3O2. The second-order valence-electron chi connectivity index (χ2n) is 4.85. The molecule has 19 heavy (non-hydrogen) atoms. The number of imide groups is 1. The summed E-state index contributed by atoms with van der Waals surface area (Å²) in [7, 11) is 0. The Kier molecular flexibility index (Phi) is 3.03. The highest BCUT2D eigenvalue weighted by Gasteiger charge is 2.27. The smallest absolute Gasteiger partial charge is 0.253 e. The molecule has 5 heteroatoms. The second-order valence-corrected chi connectivity index (χ2v) is 4.85. The molecule has 0 radical (unpaired) electrons. The zero-order valence-electron chi connectivity index (χ0n) is 10.5. The van der Waals surface area contributed by atoms with Gasteiger partial charge >= 0.3 is 0 Å². The lowest BCUT2D eigenvalue weighted by Gasteiger charge is -2.19. The van der Waals surface area contributed by atoms with E-state index in [0.717, 1.165) is 30.5 Å². The highest BCUT2D eigenvalue weighted by molar-refractivity contribution is 6.06. The lowest BCUT2D eigenvalue weighted by Crippen LogP contribution is -2.37. The predicted octanol–water partition coefficient (Wildman–Crippen LogP) is 1.62. The standard InChI is InChI=1S/C14H15N3O2/c18-12-3-1-2-8-17(12)13(19)7-6-11-9-15-16-14(11)10-4-5-10/h1,3,6-7,9-10H,2,4-5,8H2,(H,15,16)/b7-6+. The Hall–Kier alpha value is -2.17. The molecule has 98 valence electrons. The lowest BCUT2D eigenvalue weighted by atomic mass is 10.1. The Labute approximate surface area is 111 Å². The third kappa shape index (κ3) is 2.50. The van der Waals surface area contributed by atoms with Crippen LogP contribution in [0.4, 0.5) is 0 Å². The van der Waals surface area contributed by atoms with Crippen molar-refractivity contribution in [3.05, 3.63) is 35.7 Å². The van der Waals surface area contributed by atoms with Crippen LogP contribution in [0, 0.1) is 0 Å². The maximum Gasteiger partial charge on any atom is 0.253 e. The monoisotopic (exact) mass is 257 g/mol. The van der Waals surface area contributed by atoms with Gasteiger partial charge in [0.05, 0.1) is 5.69 Å². The van der Waals surface area contributed by atoms with Crippen LogP contribution in [0.25, 0.3) is 6.08 Å². The van der Waals surface area contributed by atoms with Crippen LogP contribution < -0.4 is 0 Å². The Morgan fingerprint density at radius 3 is 3.05 bits per heavy atom. The maximum atomic E-state index is 12.0. The van der Waals surface area contributed by atoms with Crippen LogP contribution in [0.5, 0.6) is 0 Å². The number of nitrogens with one attached hydrogen (secondary N) is 1. The number of carbonyl (C=O) groups excluding carboxylic acids is 2. The first-order valence-electron chi connectivity index (χ1n) is 6.49. The van der Waals surface area contributed by atoms with Crippen LogP contribution in [0.3, 0.4) is 0 Å². The SMILES string of the molecule is O=C1C=CCCN1C(=O)/C=C/c1c[nH]nc1C1CC1. The summed E-state index contributed by atoms with van der Waals surface area (Å²) in [6.07, 6.45) is 11.3. The minimum atomic E-state index is -0.266. The fourth-order valence-corrected chi connectivity index (χ4v) is 2.18. The van der Waals surface area contributed by atoms with Gasteiger partial charge in [0.25, 0.3) is 11.8 Å². The van der Waals surface area contributed by atoms with E-state index in [1.165, 1.54) is 17.1 Å². The molecule has 2 amide bonds. The molecule has 0 bridgehead atoms.